The van der Waals surface area contributed by atoms with Gasteiger partial charge in [0, 0.05) is 22.8 Å². The maximum absolute atomic E-state index is 12.4. The Balaban J connectivity index is 0.000000260. The number of hydrogen-bond donors (Lipinski definition) is 2. The number of amides is 1. The summed E-state index contributed by atoms with van der Waals surface area (Å²) in [6, 6.07) is 13.0. The van der Waals surface area contributed by atoms with Crippen molar-refractivity contribution in [3.05, 3.63) is 81.4 Å². The van der Waals surface area contributed by atoms with Crippen LogP contribution < -0.4 is 14.8 Å². The molecule has 0 aromatic heterocycles. The minimum atomic E-state index is -0.154. The van der Waals surface area contributed by atoms with E-state index in [2.05, 4.69) is 72.8 Å². The number of ether oxygens (including phenoxy) is 2. The van der Waals surface area contributed by atoms with Crippen LogP contribution in [0.25, 0.3) is 11.6 Å². The van der Waals surface area contributed by atoms with Gasteiger partial charge in [0.15, 0.2) is 0 Å². The average molecular weight is 572 g/mol. The minimum absolute atomic E-state index is 0.138. The van der Waals surface area contributed by atoms with Crippen LogP contribution in [-0.4, -0.2) is 31.5 Å². The largest absolute Gasteiger partial charge is 0.508 e. The Morgan fingerprint density at radius 3 is 1.50 bits per heavy atom. The molecule has 0 aliphatic carbocycles. The Labute approximate surface area is 250 Å². The fourth-order valence-electron chi connectivity index (χ4n) is 5.23. The van der Waals surface area contributed by atoms with Crippen LogP contribution in [0.3, 0.4) is 0 Å². The Hall–Kier alpha value is -4.06. The lowest BCUT2D eigenvalue weighted by molar-refractivity contribution is -0.110. The van der Waals surface area contributed by atoms with Gasteiger partial charge in [-0.05, 0) is 94.0 Å². The SMILES string of the molecule is COc1c(C(C)C)cc(C=C2C(=O)Nc3cc(O)ccc32)cc1C(C)C.COc1c(C(C)C)cc(C=O)cc1C(C)C. The molecule has 4 rings (SSSR count). The van der Waals surface area contributed by atoms with Crippen molar-refractivity contribution in [3.8, 4) is 17.2 Å². The quantitative estimate of drug-likeness (QED) is 0.208. The Kier molecular flexibility index (Phi) is 10.6. The van der Waals surface area contributed by atoms with Gasteiger partial charge in [0.05, 0.1) is 19.9 Å². The molecular weight excluding hydrogens is 526 g/mol. The van der Waals surface area contributed by atoms with Gasteiger partial charge in [-0.3, -0.25) is 9.59 Å². The molecule has 42 heavy (non-hydrogen) atoms. The molecule has 0 radical (unpaired) electrons. The van der Waals surface area contributed by atoms with E-state index < -0.39 is 0 Å². The zero-order valence-corrected chi connectivity index (χ0v) is 26.6. The molecule has 0 fully saturated rings. The summed E-state index contributed by atoms with van der Waals surface area (Å²) in [6.07, 6.45) is 2.81. The van der Waals surface area contributed by atoms with Gasteiger partial charge in [0.25, 0.3) is 5.91 Å². The van der Waals surface area contributed by atoms with E-state index in [-0.39, 0.29) is 11.7 Å². The molecule has 3 aromatic carbocycles. The highest BCUT2D eigenvalue weighted by Gasteiger charge is 2.25. The molecule has 1 aliphatic rings. The molecule has 224 valence electrons. The number of rotatable bonds is 8. The maximum Gasteiger partial charge on any atom is 0.256 e. The van der Waals surface area contributed by atoms with Crippen molar-refractivity contribution in [3.63, 3.8) is 0 Å². The van der Waals surface area contributed by atoms with E-state index >= 15 is 0 Å². The molecule has 1 aliphatic heterocycles. The summed E-state index contributed by atoms with van der Waals surface area (Å²) in [4.78, 5) is 23.3. The first-order valence-corrected chi connectivity index (χ1v) is 14.6. The van der Waals surface area contributed by atoms with Gasteiger partial charge in [-0.1, -0.05) is 55.4 Å². The van der Waals surface area contributed by atoms with Crippen LogP contribution in [-0.2, 0) is 4.79 Å². The van der Waals surface area contributed by atoms with Gasteiger partial charge < -0.3 is 19.9 Å². The number of aromatic hydroxyl groups is 1. The van der Waals surface area contributed by atoms with E-state index in [1.54, 1.807) is 32.4 Å². The van der Waals surface area contributed by atoms with Crippen molar-refractivity contribution in [2.75, 3.05) is 19.5 Å². The first-order valence-electron chi connectivity index (χ1n) is 14.6. The smallest absolute Gasteiger partial charge is 0.256 e. The van der Waals surface area contributed by atoms with Crippen molar-refractivity contribution in [2.24, 2.45) is 0 Å². The average Bonchev–Trinajstić information content (AvgIpc) is 3.25. The normalized spacial score (nSPS) is 13.4. The Morgan fingerprint density at radius 2 is 1.12 bits per heavy atom. The molecule has 0 saturated heterocycles. The summed E-state index contributed by atoms with van der Waals surface area (Å²) in [6.45, 7) is 17.0. The number of methoxy groups -OCH3 is 2. The number of phenols is 1. The summed E-state index contributed by atoms with van der Waals surface area (Å²) < 4.78 is 11.2. The number of fused-ring (bicyclic) bond motifs is 1. The van der Waals surface area contributed by atoms with Gasteiger partial charge in [-0.25, -0.2) is 0 Å². The van der Waals surface area contributed by atoms with Crippen molar-refractivity contribution in [1.82, 2.24) is 0 Å². The molecule has 0 spiro atoms. The maximum atomic E-state index is 12.4. The van der Waals surface area contributed by atoms with Gasteiger partial charge in [0.2, 0.25) is 0 Å². The van der Waals surface area contributed by atoms with Gasteiger partial charge in [-0.2, -0.15) is 0 Å². The topological polar surface area (TPSA) is 84.9 Å². The van der Waals surface area contributed by atoms with Crippen LogP contribution in [0.15, 0.2) is 42.5 Å². The zero-order chi connectivity index (χ0) is 31.3. The number of aldehydes is 1. The van der Waals surface area contributed by atoms with Crippen molar-refractivity contribution < 1.29 is 24.2 Å². The number of nitrogens with one attached hydrogen (secondary N) is 1. The third kappa shape index (κ3) is 7.04. The predicted octanol–water partition coefficient (Wildman–Crippen LogP) is 8.89. The number of phenolic OH excluding ortho intramolecular Hbond substituents is 1. The molecule has 6 heteroatoms. The number of benzene rings is 3. The van der Waals surface area contributed by atoms with Crippen LogP contribution >= 0.6 is 0 Å². The monoisotopic (exact) mass is 571 g/mol. The first-order chi connectivity index (χ1) is 19.8. The molecule has 1 amide bonds. The van der Waals surface area contributed by atoms with Crippen molar-refractivity contribution in [2.45, 2.75) is 79.1 Å². The highest BCUT2D eigenvalue weighted by molar-refractivity contribution is 6.35. The molecule has 0 unspecified atom stereocenters. The van der Waals surface area contributed by atoms with E-state index in [0.29, 0.717) is 34.9 Å². The molecule has 0 bridgehead atoms. The summed E-state index contributed by atoms with van der Waals surface area (Å²) in [5.74, 6) is 3.16. The second kappa shape index (κ2) is 13.7. The van der Waals surface area contributed by atoms with Crippen LogP contribution in [0.5, 0.6) is 17.2 Å². The molecule has 2 N–H and O–H groups in total. The van der Waals surface area contributed by atoms with E-state index in [1.807, 2.05) is 18.2 Å². The number of anilines is 1. The summed E-state index contributed by atoms with van der Waals surface area (Å²) in [7, 11) is 3.39. The second-order valence-electron chi connectivity index (χ2n) is 11.9. The summed E-state index contributed by atoms with van der Waals surface area (Å²) >= 11 is 0. The summed E-state index contributed by atoms with van der Waals surface area (Å²) in [5.41, 5.74) is 8.24. The highest BCUT2D eigenvalue weighted by Crippen LogP contribution is 2.39. The highest BCUT2D eigenvalue weighted by atomic mass is 16.5. The summed E-state index contributed by atoms with van der Waals surface area (Å²) in [5, 5.41) is 12.4. The lowest BCUT2D eigenvalue weighted by Crippen LogP contribution is -2.04. The van der Waals surface area contributed by atoms with E-state index in [0.717, 1.165) is 56.7 Å². The third-order valence-corrected chi connectivity index (χ3v) is 7.47. The fourth-order valence-corrected chi connectivity index (χ4v) is 5.23. The molecule has 1 heterocycles. The lowest BCUT2D eigenvalue weighted by Gasteiger charge is -2.19. The van der Waals surface area contributed by atoms with E-state index in [4.69, 9.17) is 9.47 Å². The van der Waals surface area contributed by atoms with Gasteiger partial charge in [-0.15, -0.1) is 0 Å². The first kappa shape index (κ1) is 32.5. The molecule has 3 aromatic rings. The van der Waals surface area contributed by atoms with Gasteiger partial charge in [0.1, 0.15) is 23.5 Å². The minimum Gasteiger partial charge on any atom is -0.508 e. The van der Waals surface area contributed by atoms with E-state index in [1.165, 1.54) is 0 Å². The standard InChI is InChI=1S/C22H25NO3.C14H20O2/c1-12(2)17-8-14(9-18(13(3)4)21(17)26-5)10-19-16-7-6-15(24)11-20(16)23-22(19)25;1-9(2)12-6-11(8-15)7-13(10(3)4)14(12)16-5/h6-13,24H,1-5H3,(H,23,25);6-10H,1-5H3. The Bertz CT molecular complexity index is 1420. The molecular formula is C36H45NO5. The lowest BCUT2D eigenvalue weighted by atomic mass is 9.90. The number of carbonyl (C=O) groups is 2. The Morgan fingerprint density at radius 1 is 0.690 bits per heavy atom. The molecule has 6 nitrogen and oxygen atoms in total. The van der Waals surface area contributed by atoms with Crippen molar-refractivity contribution in [1.29, 1.82) is 0 Å². The third-order valence-electron chi connectivity index (χ3n) is 7.47. The fraction of sp³-hybridized carbons (Fsp3) is 0.389. The number of carbonyl (C=O) groups excluding carboxylic acids is 2. The van der Waals surface area contributed by atoms with Crippen LogP contribution in [0.4, 0.5) is 5.69 Å². The number of hydrogen-bond acceptors (Lipinski definition) is 5. The van der Waals surface area contributed by atoms with Crippen LogP contribution in [0.1, 0.15) is 123 Å². The van der Waals surface area contributed by atoms with E-state index in [9.17, 15) is 14.7 Å². The van der Waals surface area contributed by atoms with Crippen LogP contribution in [0.2, 0.25) is 0 Å². The molecule has 0 saturated carbocycles. The van der Waals surface area contributed by atoms with Crippen molar-refractivity contribution >= 4 is 29.5 Å². The van der Waals surface area contributed by atoms with Gasteiger partial charge >= 0.3 is 0 Å². The second-order valence-corrected chi connectivity index (χ2v) is 11.9. The molecule has 0 atom stereocenters. The van der Waals surface area contributed by atoms with Crippen LogP contribution in [0, 0.1) is 0 Å². The predicted molar refractivity (Wildman–Crippen MR) is 172 cm³/mol. The zero-order valence-electron chi connectivity index (χ0n) is 26.6.